The molecule has 0 spiro atoms. The topological polar surface area (TPSA) is 112 Å². The second kappa shape index (κ2) is 7.02. The fourth-order valence-electron chi connectivity index (χ4n) is 1.71. The summed E-state index contributed by atoms with van der Waals surface area (Å²) in [4.78, 5) is 30.4. The van der Waals surface area contributed by atoms with Crippen molar-refractivity contribution in [1.82, 2.24) is 4.98 Å². The third-order valence-corrected chi connectivity index (χ3v) is 2.77. The molecular weight excluding hydrogens is 292 g/mol. The predicted octanol–water partition coefficient (Wildman–Crippen LogP) is 1.85. The maximum Gasteiger partial charge on any atom is 0.342 e. The molecule has 0 aliphatic heterocycles. The third kappa shape index (κ3) is 3.92. The molecule has 0 aliphatic rings. The highest BCUT2D eigenvalue weighted by Gasteiger charge is 2.13. The Hall–Kier alpha value is -3.16. The van der Waals surface area contributed by atoms with Crippen LogP contribution in [0, 0.1) is 10.1 Å². The molecule has 0 saturated heterocycles. The maximum absolute atomic E-state index is 11.9. The van der Waals surface area contributed by atoms with Crippen LogP contribution < -0.4 is 0 Å². The molecule has 8 heteroatoms. The Kier molecular flexibility index (Phi) is 4.86. The zero-order valence-electron chi connectivity index (χ0n) is 11.3. The summed E-state index contributed by atoms with van der Waals surface area (Å²) in [6.07, 6.45) is 1.47. The number of ether oxygens (including phenoxy) is 1. The van der Waals surface area contributed by atoms with E-state index in [1.807, 2.05) is 0 Å². The Bertz CT molecular complexity index is 689. The molecular formula is C14H12N2O6. The average Bonchev–Trinajstić information content (AvgIpc) is 2.51. The molecule has 2 rings (SSSR count). The van der Waals surface area contributed by atoms with E-state index in [1.54, 1.807) is 24.3 Å². The molecule has 1 N–H and O–H groups in total. The zero-order chi connectivity index (χ0) is 15.9. The van der Waals surface area contributed by atoms with Crippen LogP contribution >= 0.6 is 0 Å². The quantitative estimate of drug-likeness (QED) is 0.492. The molecule has 0 amide bonds. The van der Waals surface area contributed by atoms with Gasteiger partial charge in [-0.3, -0.25) is 4.98 Å². The van der Waals surface area contributed by atoms with E-state index in [0.717, 1.165) is 0 Å². The van der Waals surface area contributed by atoms with E-state index in [9.17, 15) is 20.0 Å². The Labute approximate surface area is 125 Å². The van der Waals surface area contributed by atoms with Crippen LogP contribution in [0.3, 0.4) is 0 Å². The number of rotatable bonds is 6. The summed E-state index contributed by atoms with van der Waals surface area (Å²) in [5, 5.41) is 18.9. The molecule has 0 fully saturated rings. The van der Waals surface area contributed by atoms with Crippen LogP contribution in [0.15, 0.2) is 42.6 Å². The van der Waals surface area contributed by atoms with E-state index < -0.39 is 11.1 Å². The van der Waals surface area contributed by atoms with Crippen molar-refractivity contribution in [3.8, 4) is 5.75 Å². The Morgan fingerprint density at radius 1 is 1.23 bits per heavy atom. The van der Waals surface area contributed by atoms with Crippen LogP contribution in [0.4, 0.5) is 0 Å². The molecule has 2 aromatic rings. The molecule has 114 valence electrons. The van der Waals surface area contributed by atoms with Gasteiger partial charge in [-0.2, -0.15) is 0 Å². The Morgan fingerprint density at radius 3 is 2.73 bits per heavy atom. The molecule has 0 unspecified atom stereocenters. The molecule has 0 bridgehead atoms. The second-order valence-electron chi connectivity index (χ2n) is 4.20. The molecule has 1 heterocycles. The van der Waals surface area contributed by atoms with Crippen molar-refractivity contribution in [2.75, 3.05) is 0 Å². The highest BCUT2D eigenvalue weighted by molar-refractivity contribution is 5.92. The van der Waals surface area contributed by atoms with Gasteiger partial charge in [-0.25, -0.2) is 4.79 Å². The van der Waals surface area contributed by atoms with Gasteiger partial charge in [0.25, 0.3) is 5.09 Å². The number of hydrogen-bond acceptors (Lipinski definition) is 7. The summed E-state index contributed by atoms with van der Waals surface area (Å²) >= 11 is 0. The first-order valence-corrected chi connectivity index (χ1v) is 6.23. The molecule has 8 nitrogen and oxygen atoms in total. The highest BCUT2D eigenvalue weighted by atomic mass is 16.9. The lowest BCUT2D eigenvalue weighted by molar-refractivity contribution is -0.763. The van der Waals surface area contributed by atoms with E-state index in [1.165, 1.54) is 18.3 Å². The first kappa shape index (κ1) is 15.2. The van der Waals surface area contributed by atoms with Crippen molar-refractivity contribution in [3.63, 3.8) is 0 Å². The fourth-order valence-corrected chi connectivity index (χ4v) is 1.71. The number of esters is 1. The number of pyridine rings is 1. The minimum atomic E-state index is -0.912. The molecule has 0 radical (unpaired) electrons. The van der Waals surface area contributed by atoms with Gasteiger partial charge in [0.15, 0.2) is 0 Å². The van der Waals surface area contributed by atoms with E-state index in [0.29, 0.717) is 11.3 Å². The number of hydrogen-bond donors (Lipinski definition) is 1. The molecule has 0 saturated carbocycles. The van der Waals surface area contributed by atoms with Crippen LogP contribution in [-0.2, 0) is 22.8 Å². The van der Waals surface area contributed by atoms with Gasteiger partial charge >= 0.3 is 5.97 Å². The first-order valence-electron chi connectivity index (χ1n) is 6.23. The lowest BCUT2D eigenvalue weighted by Crippen LogP contribution is -2.09. The van der Waals surface area contributed by atoms with Gasteiger partial charge in [0.1, 0.15) is 24.5 Å². The number of nitrogens with zero attached hydrogens (tertiary/aromatic N) is 2. The fraction of sp³-hybridized carbons (Fsp3) is 0.143. The van der Waals surface area contributed by atoms with Gasteiger partial charge in [0.2, 0.25) is 0 Å². The minimum absolute atomic E-state index is 0.0292. The SMILES string of the molecule is O=C(OCc1ncccc1CO[N+](=O)[O-])c1ccccc1O. The van der Waals surface area contributed by atoms with Gasteiger partial charge < -0.3 is 14.7 Å². The Morgan fingerprint density at radius 2 is 2.00 bits per heavy atom. The smallest absolute Gasteiger partial charge is 0.342 e. The van der Waals surface area contributed by atoms with Gasteiger partial charge in [-0.1, -0.05) is 18.2 Å². The van der Waals surface area contributed by atoms with Crippen molar-refractivity contribution in [2.45, 2.75) is 13.2 Å². The van der Waals surface area contributed by atoms with Crippen molar-refractivity contribution in [3.05, 3.63) is 69.5 Å². The van der Waals surface area contributed by atoms with Gasteiger partial charge in [-0.05, 0) is 18.2 Å². The van der Waals surface area contributed by atoms with Crippen molar-refractivity contribution in [2.24, 2.45) is 0 Å². The molecule has 0 aliphatic carbocycles. The first-order chi connectivity index (χ1) is 10.6. The summed E-state index contributed by atoms with van der Waals surface area (Å²) in [7, 11) is 0. The summed E-state index contributed by atoms with van der Waals surface area (Å²) in [5.74, 6) is -0.907. The van der Waals surface area contributed by atoms with Crippen LogP contribution in [0.5, 0.6) is 5.75 Å². The number of benzene rings is 1. The van der Waals surface area contributed by atoms with Crippen molar-refractivity contribution >= 4 is 5.97 Å². The monoisotopic (exact) mass is 304 g/mol. The van der Waals surface area contributed by atoms with Crippen molar-refractivity contribution < 1.29 is 24.6 Å². The highest BCUT2D eigenvalue weighted by Crippen LogP contribution is 2.17. The number of para-hydroxylation sites is 1. The lowest BCUT2D eigenvalue weighted by atomic mass is 10.2. The standard InChI is InChI=1S/C14H12N2O6/c17-13-6-2-1-5-11(13)14(18)21-9-12-10(4-3-7-15-12)8-22-16(19)20/h1-7,17H,8-9H2. The molecule has 1 aromatic carbocycles. The molecule has 0 atom stereocenters. The number of carbonyl (C=O) groups is 1. The number of phenols is 1. The predicted molar refractivity (Wildman–Crippen MR) is 73.2 cm³/mol. The summed E-state index contributed by atoms with van der Waals surface area (Å²) in [6.45, 7) is -0.477. The number of aromatic nitrogens is 1. The van der Waals surface area contributed by atoms with E-state index >= 15 is 0 Å². The van der Waals surface area contributed by atoms with Gasteiger partial charge in [0, 0.05) is 11.8 Å². The van der Waals surface area contributed by atoms with Crippen LogP contribution in [0.2, 0.25) is 0 Å². The third-order valence-electron chi connectivity index (χ3n) is 2.77. The van der Waals surface area contributed by atoms with Crippen molar-refractivity contribution in [1.29, 1.82) is 0 Å². The minimum Gasteiger partial charge on any atom is -0.507 e. The second-order valence-corrected chi connectivity index (χ2v) is 4.20. The zero-order valence-corrected chi connectivity index (χ0v) is 11.3. The van der Waals surface area contributed by atoms with Crippen LogP contribution in [0.1, 0.15) is 21.6 Å². The summed E-state index contributed by atoms with van der Waals surface area (Å²) in [5.41, 5.74) is 0.805. The van der Waals surface area contributed by atoms with Gasteiger partial charge in [-0.15, -0.1) is 10.1 Å². The molecule has 22 heavy (non-hydrogen) atoms. The normalized spacial score (nSPS) is 10.0. The number of carbonyl (C=O) groups excluding carboxylic acids is 1. The summed E-state index contributed by atoms with van der Waals surface area (Å²) < 4.78 is 5.06. The van der Waals surface area contributed by atoms with E-state index in [2.05, 4.69) is 9.82 Å². The van der Waals surface area contributed by atoms with Crippen LogP contribution in [-0.4, -0.2) is 21.1 Å². The summed E-state index contributed by atoms with van der Waals surface area (Å²) in [6, 6.07) is 9.14. The number of aromatic hydroxyl groups is 1. The lowest BCUT2D eigenvalue weighted by Gasteiger charge is -2.09. The maximum atomic E-state index is 11.9. The number of phenolic OH excluding ortho intramolecular Hbond substituents is 1. The Balaban J connectivity index is 2.04. The van der Waals surface area contributed by atoms with Crippen LogP contribution in [0.25, 0.3) is 0 Å². The largest absolute Gasteiger partial charge is 0.507 e. The van der Waals surface area contributed by atoms with E-state index in [4.69, 9.17) is 4.74 Å². The average molecular weight is 304 g/mol. The molecule has 1 aromatic heterocycles. The van der Waals surface area contributed by atoms with E-state index in [-0.39, 0.29) is 24.5 Å². The van der Waals surface area contributed by atoms with Gasteiger partial charge in [0.05, 0.1) is 5.69 Å².